The lowest BCUT2D eigenvalue weighted by molar-refractivity contribution is 0.102. The van der Waals surface area contributed by atoms with Crippen LogP contribution in [0, 0.1) is 0 Å². The lowest BCUT2D eigenvalue weighted by atomic mass is 10.1. The first-order valence-corrected chi connectivity index (χ1v) is 22.8. The predicted octanol–water partition coefficient (Wildman–Crippen LogP) is 12.6. The number of phenolic OH excluding ortho intramolecular Hbond substituents is 1. The van der Waals surface area contributed by atoms with Crippen molar-refractivity contribution in [2.45, 2.75) is 9.79 Å². The van der Waals surface area contributed by atoms with E-state index in [-0.39, 0.29) is 55.8 Å². The minimum absolute atomic E-state index is 0.133. The summed E-state index contributed by atoms with van der Waals surface area (Å²) in [4.78, 5) is 12.1. The summed E-state index contributed by atoms with van der Waals surface area (Å²) in [7, 11) is -7.73. The maximum absolute atomic E-state index is 12.8. The average Bonchev–Trinajstić information content (AvgIpc) is 3.31. The van der Waals surface area contributed by atoms with Gasteiger partial charge in [-0.1, -0.05) is 54.6 Å². The Morgan fingerprint density at radius 1 is 0.552 bits per heavy atom. The molecule has 9 aromatic rings. The molecule has 0 saturated heterocycles. The number of hydrogen-bond donors (Lipinski definition) is 5. The molecule has 0 aliphatic rings. The predicted molar refractivity (Wildman–Crippen MR) is 255 cm³/mol. The molecular weight excluding hydrogens is 897 g/mol. The molecule has 17 nitrogen and oxygen atoms in total. The van der Waals surface area contributed by atoms with Gasteiger partial charge in [0.25, 0.3) is 26.1 Å². The Morgan fingerprint density at radius 2 is 1.21 bits per heavy atom. The van der Waals surface area contributed by atoms with Crippen molar-refractivity contribution in [2.24, 2.45) is 30.7 Å². The van der Waals surface area contributed by atoms with Gasteiger partial charge in [-0.3, -0.25) is 13.9 Å². The number of ether oxygens (including phenoxy) is 1. The minimum Gasteiger partial charge on any atom is -0.505 e. The monoisotopic (exact) mass is 930 g/mol. The van der Waals surface area contributed by atoms with E-state index in [0.717, 1.165) is 0 Å². The van der Waals surface area contributed by atoms with E-state index in [1.807, 2.05) is 0 Å². The molecule has 19 heteroatoms. The van der Waals surface area contributed by atoms with Crippen molar-refractivity contribution in [2.75, 3.05) is 18.2 Å². The first kappa shape index (κ1) is 43.7. The lowest BCUT2D eigenvalue weighted by Gasteiger charge is -2.11. The summed E-state index contributed by atoms with van der Waals surface area (Å²) >= 11 is 0. The summed E-state index contributed by atoms with van der Waals surface area (Å²) in [5, 5.41) is 44.5. The summed E-state index contributed by atoms with van der Waals surface area (Å²) in [6, 6.07) is 39.9. The molecule has 0 heterocycles. The number of nitrogens with one attached hydrogen (secondary N) is 1. The fraction of sp³-hybridized carbons (Fsp3) is 0.0208. The summed E-state index contributed by atoms with van der Waals surface area (Å²) in [6.45, 7) is 0. The Morgan fingerprint density at radius 3 is 1.96 bits per heavy atom. The zero-order chi connectivity index (χ0) is 47.0. The Labute approximate surface area is 381 Å². The summed E-state index contributed by atoms with van der Waals surface area (Å²) in [6.07, 6.45) is 0. The number of benzene rings is 9. The SMILES string of the molecule is COc1cc(N=Nc2ccc(N=Nc3ccc4cccc(S(=O)(=O)O)c4c3)c3ccc(S(=O)(=O)O)cc23)c2ccccc2c1N=Nc1ccc2cc(NC(=O)c3ccc(N)cc3)ccc2c1O. The molecule has 9 aromatic carbocycles. The number of phenols is 1. The van der Waals surface area contributed by atoms with Crippen LogP contribution in [0.3, 0.4) is 0 Å². The van der Waals surface area contributed by atoms with Crippen molar-refractivity contribution in [1.82, 2.24) is 0 Å². The minimum atomic E-state index is -4.64. The fourth-order valence-corrected chi connectivity index (χ4v) is 8.64. The number of fused-ring (bicyclic) bond motifs is 4. The highest BCUT2D eigenvalue weighted by atomic mass is 32.2. The first-order chi connectivity index (χ1) is 32.1. The second kappa shape index (κ2) is 17.5. The summed E-state index contributed by atoms with van der Waals surface area (Å²) in [5.74, 6) is -0.182. The molecule has 9 rings (SSSR count). The van der Waals surface area contributed by atoms with Crippen LogP contribution >= 0.6 is 0 Å². The van der Waals surface area contributed by atoms with Crippen molar-refractivity contribution >= 4 is 115 Å². The normalized spacial score (nSPS) is 12.3. The highest BCUT2D eigenvalue weighted by molar-refractivity contribution is 7.86. The molecule has 0 bridgehead atoms. The third-order valence-corrected chi connectivity index (χ3v) is 12.5. The van der Waals surface area contributed by atoms with Gasteiger partial charge < -0.3 is 20.9 Å². The van der Waals surface area contributed by atoms with E-state index in [0.29, 0.717) is 60.6 Å². The van der Waals surface area contributed by atoms with Gasteiger partial charge in [0, 0.05) is 55.3 Å². The van der Waals surface area contributed by atoms with Gasteiger partial charge >= 0.3 is 0 Å². The van der Waals surface area contributed by atoms with Crippen LogP contribution < -0.4 is 15.8 Å². The Hall–Kier alpha value is -8.49. The fourth-order valence-electron chi connectivity index (χ4n) is 7.43. The number of rotatable bonds is 11. The Balaban J connectivity index is 1.04. The van der Waals surface area contributed by atoms with Crippen molar-refractivity contribution in [3.8, 4) is 11.5 Å². The number of anilines is 2. The van der Waals surface area contributed by atoms with Crippen LogP contribution in [0.5, 0.6) is 11.5 Å². The molecule has 0 aliphatic carbocycles. The van der Waals surface area contributed by atoms with Gasteiger partial charge in [0.15, 0.2) is 5.75 Å². The van der Waals surface area contributed by atoms with Crippen molar-refractivity contribution in [3.63, 3.8) is 0 Å². The van der Waals surface area contributed by atoms with Gasteiger partial charge in [-0.2, -0.15) is 21.9 Å². The molecule has 0 saturated carbocycles. The number of hydrogen-bond acceptors (Lipinski definition) is 14. The lowest BCUT2D eigenvalue weighted by Crippen LogP contribution is -2.11. The van der Waals surface area contributed by atoms with Crippen LogP contribution in [-0.2, 0) is 20.2 Å². The maximum atomic E-state index is 12.8. The van der Waals surface area contributed by atoms with E-state index in [9.17, 15) is 35.8 Å². The van der Waals surface area contributed by atoms with Crippen molar-refractivity contribution < 1.29 is 40.6 Å². The molecule has 0 atom stereocenters. The third kappa shape index (κ3) is 8.98. The number of azo groups is 3. The van der Waals surface area contributed by atoms with Gasteiger partial charge in [-0.25, -0.2) is 0 Å². The number of aromatic hydroxyl groups is 1. The molecule has 0 fully saturated rings. The molecule has 0 unspecified atom stereocenters. The first-order valence-electron chi connectivity index (χ1n) is 20.0. The summed E-state index contributed by atoms with van der Waals surface area (Å²) in [5.41, 5.74) is 8.84. The zero-order valence-electron chi connectivity index (χ0n) is 34.8. The van der Waals surface area contributed by atoms with Gasteiger partial charge in [-0.15, -0.1) is 25.6 Å². The van der Waals surface area contributed by atoms with Gasteiger partial charge in [0.1, 0.15) is 22.0 Å². The average molecular weight is 931 g/mol. The second-order valence-corrected chi connectivity index (χ2v) is 17.8. The molecule has 1 amide bonds. The van der Waals surface area contributed by atoms with E-state index < -0.39 is 25.1 Å². The van der Waals surface area contributed by atoms with Crippen LogP contribution in [0.15, 0.2) is 192 Å². The van der Waals surface area contributed by atoms with E-state index >= 15 is 0 Å². The zero-order valence-corrected chi connectivity index (χ0v) is 36.4. The van der Waals surface area contributed by atoms with Crippen LogP contribution in [0.1, 0.15) is 10.4 Å². The summed E-state index contributed by atoms with van der Waals surface area (Å²) < 4.78 is 74.1. The molecule has 0 aliphatic heterocycles. The molecule has 0 radical (unpaired) electrons. The molecular formula is C48H34N8O9S2. The smallest absolute Gasteiger partial charge is 0.295 e. The quantitative estimate of drug-likeness (QED) is 0.0465. The largest absolute Gasteiger partial charge is 0.505 e. The second-order valence-electron chi connectivity index (χ2n) is 15.0. The molecule has 0 spiro atoms. The van der Waals surface area contributed by atoms with Gasteiger partial charge in [0.2, 0.25) is 0 Å². The van der Waals surface area contributed by atoms with Gasteiger partial charge in [-0.05, 0) is 102 Å². The number of methoxy groups -OCH3 is 1. The number of amides is 1. The molecule has 6 N–H and O–H groups in total. The number of nitrogens with zero attached hydrogens (tertiary/aromatic N) is 6. The van der Waals surface area contributed by atoms with E-state index in [1.54, 1.807) is 115 Å². The van der Waals surface area contributed by atoms with E-state index in [4.69, 9.17) is 10.5 Å². The topological polar surface area (TPSA) is 267 Å². The highest BCUT2D eigenvalue weighted by Crippen LogP contribution is 2.45. The van der Waals surface area contributed by atoms with Crippen molar-refractivity contribution in [1.29, 1.82) is 0 Å². The standard InChI is InChI=1S/C48H34N8O9S2/c1-65-44-26-43(35-6-2-3-7-37(35)46(44)56-54-42-20-12-29-23-31(16-18-34(29)47(42)57)50-48(58)28-9-13-30(49)14-10-28)55-53-41-22-21-40(36-19-17-33(25-39(36)41)66(59,60)61)52-51-32-15-11-27-5-4-8-45(38(27)24-32)67(62,63)64/h2-26,57H,49H2,1H3,(H,50,58)(H,59,60,61)(H,62,63,64). The third-order valence-electron chi connectivity index (χ3n) is 10.7. The van der Waals surface area contributed by atoms with E-state index in [1.165, 1.54) is 43.5 Å². The number of carbonyl (C=O) groups excluding carboxylic acids is 1. The van der Waals surface area contributed by atoms with Crippen LogP contribution in [0.2, 0.25) is 0 Å². The van der Waals surface area contributed by atoms with Crippen LogP contribution in [-0.4, -0.2) is 44.1 Å². The van der Waals surface area contributed by atoms with Crippen LogP contribution in [0.25, 0.3) is 43.1 Å². The molecule has 0 aromatic heterocycles. The van der Waals surface area contributed by atoms with Gasteiger partial charge in [0.05, 0.1) is 34.8 Å². The Kier molecular flexibility index (Phi) is 11.4. The van der Waals surface area contributed by atoms with Crippen molar-refractivity contribution in [3.05, 3.63) is 157 Å². The highest BCUT2D eigenvalue weighted by Gasteiger charge is 2.18. The number of nitrogen functional groups attached to an aromatic ring is 1. The van der Waals surface area contributed by atoms with E-state index in [2.05, 4.69) is 36.0 Å². The Bertz CT molecular complexity index is 3830. The van der Waals surface area contributed by atoms with Crippen LogP contribution in [0.4, 0.5) is 45.5 Å². The maximum Gasteiger partial charge on any atom is 0.295 e. The molecule has 332 valence electrons. The number of nitrogens with two attached hydrogens (primary N) is 1. The number of carbonyl (C=O) groups is 1. The molecule has 67 heavy (non-hydrogen) atoms.